The summed E-state index contributed by atoms with van der Waals surface area (Å²) in [5.74, 6) is -0.339. The Kier molecular flexibility index (Phi) is 5.98. The number of hydrogen-bond donors (Lipinski definition) is 0. The van der Waals surface area contributed by atoms with E-state index in [9.17, 15) is 9.18 Å². The summed E-state index contributed by atoms with van der Waals surface area (Å²) >= 11 is 0. The third-order valence-electron chi connectivity index (χ3n) is 4.73. The van der Waals surface area contributed by atoms with Crippen molar-refractivity contribution in [2.45, 2.75) is 19.4 Å². The maximum atomic E-state index is 13.8. The molecular weight excluding hydrogens is 329 g/mol. The van der Waals surface area contributed by atoms with E-state index in [1.165, 1.54) is 6.07 Å². The molecule has 26 heavy (non-hydrogen) atoms. The van der Waals surface area contributed by atoms with E-state index >= 15 is 0 Å². The topological polar surface area (TPSA) is 47.3 Å². The fourth-order valence-corrected chi connectivity index (χ4v) is 3.24. The van der Waals surface area contributed by atoms with E-state index in [1.807, 2.05) is 29.2 Å². The molecule has 134 valence electrons. The number of carbonyl (C=O) groups is 1. The second-order valence-corrected chi connectivity index (χ2v) is 6.59. The summed E-state index contributed by atoms with van der Waals surface area (Å²) in [4.78, 5) is 16.7. The molecule has 4 nitrogen and oxygen atoms in total. The van der Waals surface area contributed by atoms with Crippen molar-refractivity contribution >= 4 is 5.91 Å². The average molecular weight is 351 g/mol. The van der Waals surface area contributed by atoms with E-state index < -0.39 is 0 Å². The second kappa shape index (κ2) is 8.59. The zero-order valence-corrected chi connectivity index (χ0v) is 14.7. The van der Waals surface area contributed by atoms with Crippen molar-refractivity contribution in [3.8, 4) is 6.07 Å². The highest BCUT2D eigenvalue weighted by molar-refractivity contribution is 5.78. The van der Waals surface area contributed by atoms with Crippen LogP contribution in [0.4, 0.5) is 4.39 Å². The van der Waals surface area contributed by atoms with Crippen LogP contribution in [-0.4, -0.2) is 41.9 Å². The minimum absolute atomic E-state index is 0.0182. The Balaban J connectivity index is 1.55. The van der Waals surface area contributed by atoms with E-state index in [4.69, 9.17) is 5.26 Å². The minimum atomic E-state index is -0.321. The third kappa shape index (κ3) is 4.68. The molecule has 2 aromatic carbocycles. The number of amides is 1. The average Bonchev–Trinajstić information content (AvgIpc) is 2.90. The third-order valence-corrected chi connectivity index (χ3v) is 4.73. The van der Waals surface area contributed by atoms with Gasteiger partial charge in [-0.25, -0.2) is 4.39 Å². The molecule has 0 unspecified atom stereocenters. The predicted octanol–water partition coefficient (Wildman–Crippen LogP) is 2.97. The summed E-state index contributed by atoms with van der Waals surface area (Å²) in [6.07, 6.45) is 1.02. The maximum absolute atomic E-state index is 13.8. The molecular formula is C21H22FN3O. The highest BCUT2D eigenvalue weighted by Gasteiger charge is 2.20. The van der Waals surface area contributed by atoms with Crippen LogP contribution in [0.3, 0.4) is 0 Å². The van der Waals surface area contributed by atoms with Gasteiger partial charge in [-0.2, -0.15) is 5.26 Å². The molecule has 0 N–H and O–H groups in total. The number of carbonyl (C=O) groups excluding carboxylic acids is 1. The minimum Gasteiger partial charge on any atom is -0.341 e. The number of rotatable bonds is 4. The van der Waals surface area contributed by atoms with Gasteiger partial charge >= 0.3 is 0 Å². The number of benzene rings is 2. The van der Waals surface area contributed by atoms with Gasteiger partial charge in [0.05, 0.1) is 18.1 Å². The lowest BCUT2D eigenvalue weighted by Crippen LogP contribution is -2.36. The Morgan fingerprint density at radius 2 is 1.81 bits per heavy atom. The highest BCUT2D eigenvalue weighted by Crippen LogP contribution is 2.13. The lowest BCUT2D eigenvalue weighted by atomic mass is 10.1. The Bertz CT molecular complexity index is 798. The Morgan fingerprint density at radius 3 is 2.54 bits per heavy atom. The van der Waals surface area contributed by atoms with Crippen molar-refractivity contribution < 1.29 is 9.18 Å². The Labute approximate surface area is 153 Å². The van der Waals surface area contributed by atoms with Crippen molar-refractivity contribution in [3.05, 3.63) is 71.0 Å². The largest absolute Gasteiger partial charge is 0.341 e. The number of halogens is 1. The van der Waals surface area contributed by atoms with Crippen molar-refractivity contribution in [2.75, 3.05) is 26.2 Å². The smallest absolute Gasteiger partial charge is 0.227 e. The van der Waals surface area contributed by atoms with Gasteiger partial charge in [0.25, 0.3) is 0 Å². The molecule has 0 spiro atoms. The van der Waals surface area contributed by atoms with Gasteiger partial charge in [0.2, 0.25) is 5.91 Å². The molecule has 0 aliphatic carbocycles. The molecule has 0 atom stereocenters. The molecule has 0 bridgehead atoms. The molecule has 0 aromatic heterocycles. The van der Waals surface area contributed by atoms with Crippen LogP contribution >= 0.6 is 0 Å². The summed E-state index contributed by atoms with van der Waals surface area (Å²) in [5.41, 5.74) is 2.28. The monoisotopic (exact) mass is 351 g/mol. The second-order valence-electron chi connectivity index (χ2n) is 6.59. The van der Waals surface area contributed by atoms with E-state index in [0.717, 1.165) is 31.6 Å². The first-order valence-electron chi connectivity index (χ1n) is 8.88. The fraction of sp³-hybridized carbons (Fsp3) is 0.333. The van der Waals surface area contributed by atoms with Crippen molar-refractivity contribution in [3.63, 3.8) is 0 Å². The molecule has 0 radical (unpaired) electrons. The first-order valence-corrected chi connectivity index (χ1v) is 8.88. The number of nitriles is 1. The van der Waals surface area contributed by atoms with Gasteiger partial charge in [0.15, 0.2) is 0 Å². The van der Waals surface area contributed by atoms with Crippen molar-refractivity contribution in [1.82, 2.24) is 9.80 Å². The van der Waals surface area contributed by atoms with Crippen LogP contribution in [0.25, 0.3) is 0 Å². The first-order chi connectivity index (χ1) is 12.7. The van der Waals surface area contributed by atoms with Gasteiger partial charge in [-0.3, -0.25) is 9.69 Å². The molecule has 1 aliphatic heterocycles. The molecule has 2 aromatic rings. The van der Waals surface area contributed by atoms with E-state index in [0.29, 0.717) is 24.2 Å². The van der Waals surface area contributed by atoms with Gasteiger partial charge in [0.1, 0.15) is 5.82 Å². The molecule has 1 saturated heterocycles. The summed E-state index contributed by atoms with van der Waals surface area (Å²) < 4.78 is 13.8. The quantitative estimate of drug-likeness (QED) is 0.851. The summed E-state index contributed by atoms with van der Waals surface area (Å²) in [6, 6.07) is 16.2. The summed E-state index contributed by atoms with van der Waals surface area (Å²) in [6.45, 7) is 3.88. The Hall–Kier alpha value is -2.71. The van der Waals surface area contributed by atoms with Crippen LogP contribution < -0.4 is 0 Å². The van der Waals surface area contributed by atoms with E-state index in [1.54, 1.807) is 18.2 Å². The summed E-state index contributed by atoms with van der Waals surface area (Å²) in [5, 5.41) is 8.87. The van der Waals surface area contributed by atoms with Gasteiger partial charge in [-0.15, -0.1) is 0 Å². The maximum Gasteiger partial charge on any atom is 0.227 e. The predicted molar refractivity (Wildman–Crippen MR) is 97.7 cm³/mol. The molecule has 1 aliphatic rings. The van der Waals surface area contributed by atoms with Gasteiger partial charge in [-0.05, 0) is 35.7 Å². The van der Waals surface area contributed by atoms with Crippen LogP contribution in [0, 0.1) is 17.1 Å². The molecule has 3 rings (SSSR count). The zero-order chi connectivity index (χ0) is 18.4. The van der Waals surface area contributed by atoms with Crippen molar-refractivity contribution in [1.29, 1.82) is 5.26 Å². The number of hydrogen-bond acceptors (Lipinski definition) is 3. The lowest BCUT2D eigenvalue weighted by molar-refractivity contribution is -0.130. The Morgan fingerprint density at radius 1 is 1.04 bits per heavy atom. The van der Waals surface area contributed by atoms with Crippen LogP contribution in [0.5, 0.6) is 0 Å². The molecule has 1 heterocycles. The van der Waals surface area contributed by atoms with Crippen LogP contribution in [0.15, 0.2) is 48.5 Å². The number of nitrogens with zero attached hydrogens (tertiary/aromatic N) is 3. The summed E-state index contributed by atoms with van der Waals surface area (Å²) in [7, 11) is 0. The van der Waals surface area contributed by atoms with Crippen LogP contribution in [0.2, 0.25) is 0 Å². The zero-order valence-electron chi connectivity index (χ0n) is 14.7. The normalized spacial score (nSPS) is 15.3. The SMILES string of the molecule is N#Cc1ccc(CN2CCCN(C(=O)Cc3ccccc3F)CC2)cc1. The first kappa shape index (κ1) is 18.1. The lowest BCUT2D eigenvalue weighted by Gasteiger charge is -2.22. The standard InChI is InChI=1S/C21H22FN3O/c22-20-5-2-1-4-19(20)14-21(26)25-11-3-10-24(12-13-25)16-18-8-6-17(15-23)7-9-18/h1-2,4-9H,3,10-14,16H2. The van der Waals surface area contributed by atoms with Gasteiger partial charge in [-0.1, -0.05) is 30.3 Å². The fourth-order valence-electron chi connectivity index (χ4n) is 3.24. The van der Waals surface area contributed by atoms with Gasteiger partial charge in [0, 0.05) is 32.7 Å². The van der Waals surface area contributed by atoms with Gasteiger partial charge < -0.3 is 4.90 Å². The van der Waals surface area contributed by atoms with Crippen LogP contribution in [0.1, 0.15) is 23.1 Å². The highest BCUT2D eigenvalue weighted by atomic mass is 19.1. The van der Waals surface area contributed by atoms with E-state index in [2.05, 4.69) is 11.0 Å². The van der Waals surface area contributed by atoms with Crippen molar-refractivity contribution in [2.24, 2.45) is 0 Å². The molecule has 0 saturated carbocycles. The van der Waals surface area contributed by atoms with E-state index in [-0.39, 0.29) is 18.1 Å². The molecule has 1 fully saturated rings. The molecule has 1 amide bonds. The molecule has 5 heteroatoms. The van der Waals surface area contributed by atoms with Crippen LogP contribution in [-0.2, 0) is 17.8 Å².